The van der Waals surface area contributed by atoms with Crippen molar-refractivity contribution in [2.45, 2.75) is 63.7 Å². The topological polar surface area (TPSA) is 60.9 Å². The van der Waals surface area contributed by atoms with Gasteiger partial charge < -0.3 is 4.90 Å². The molecule has 0 aliphatic carbocycles. The minimum Gasteiger partial charge on any atom is -0.303 e. The first kappa shape index (κ1) is 25.3. The summed E-state index contributed by atoms with van der Waals surface area (Å²) in [5, 5.41) is 0. The van der Waals surface area contributed by atoms with Crippen LogP contribution >= 0.6 is 0 Å². The molecule has 1 aromatic rings. The molecular formula is C25H41N3O3S. The number of hydrogen-bond donors (Lipinski definition) is 0. The minimum absolute atomic E-state index is 0.0693. The molecule has 0 spiro atoms. The highest BCUT2D eigenvalue weighted by atomic mass is 32.2. The minimum atomic E-state index is -3.48. The van der Waals surface area contributed by atoms with Gasteiger partial charge in [0, 0.05) is 18.7 Å². The van der Waals surface area contributed by atoms with Gasteiger partial charge in [0.2, 0.25) is 10.0 Å². The summed E-state index contributed by atoms with van der Waals surface area (Å²) in [7, 11) is -3.48. The van der Waals surface area contributed by atoms with Crippen molar-refractivity contribution in [1.29, 1.82) is 0 Å². The van der Waals surface area contributed by atoms with Crippen LogP contribution in [0.15, 0.2) is 29.2 Å². The number of Topliss-reactive ketones (excluding diaryl/α,β-unsaturated/α-hetero) is 1. The van der Waals surface area contributed by atoms with Crippen LogP contribution in [0.1, 0.15) is 69.2 Å². The molecule has 0 bridgehead atoms. The van der Waals surface area contributed by atoms with Gasteiger partial charge in [-0.15, -0.1) is 0 Å². The standard InChI is InChI=1S/C25H41N3O3S/c1-3-28(4-2)32(30,31)24-11-9-23(10-12-24)25(29)21-27-19-14-22(15-20-27)13-18-26-16-7-5-6-8-17-26/h9-12,22H,3-8,13-21H2,1-2H3. The molecule has 0 amide bonds. The van der Waals surface area contributed by atoms with Gasteiger partial charge >= 0.3 is 0 Å². The molecule has 0 radical (unpaired) electrons. The third-order valence-corrected chi connectivity index (χ3v) is 9.21. The fourth-order valence-corrected chi connectivity index (χ4v) is 6.44. The molecule has 7 heteroatoms. The van der Waals surface area contributed by atoms with E-state index in [1.165, 1.54) is 68.9 Å². The smallest absolute Gasteiger partial charge is 0.243 e. The van der Waals surface area contributed by atoms with Gasteiger partial charge in [-0.25, -0.2) is 8.42 Å². The van der Waals surface area contributed by atoms with E-state index in [-0.39, 0.29) is 10.7 Å². The lowest BCUT2D eigenvalue weighted by atomic mass is 9.93. The highest BCUT2D eigenvalue weighted by Gasteiger charge is 2.24. The fourth-order valence-electron chi connectivity index (χ4n) is 4.98. The van der Waals surface area contributed by atoms with E-state index in [4.69, 9.17) is 0 Å². The van der Waals surface area contributed by atoms with Crippen LogP contribution < -0.4 is 0 Å². The molecule has 3 rings (SSSR count). The summed E-state index contributed by atoms with van der Waals surface area (Å²) in [6.45, 7) is 10.7. The van der Waals surface area contributed by atoms with Crippen LogP contribution in [0.4, 0.5) is 0 Å². The first-order chi connectivity index (χ1) is 15.4. The van der Waals surface area contributed by atoms with Gasteiger partial charge in [0.15, 0.2) is 5.78 Å². The summed E-state index contributed by atoms with van der Waals surface area (Å²) in [4.78, 5) is 17.9. The second-order valence-corrected chi connectivity index (χ2v) is 11.2. The van der Waals surface area contributed by atoms with E-state index >= 15 is 0 Å². The zero-order chi connectivity index (χ0) is 23.0. The van der Waals surface area contributed by atoms with Crippen molar-refractivity contribution in [1.82, 2.24) is 14.1 Å². The number of rotatable bonds is 10. The maximum atomic E-state index is 12.8. The molecule has 0 N–H and O–H groups in total. The molecule has 0 unspecified atom stereocenters. The Morgan fingerprint density at radius 3 is 2.06 bits per heavy atom. The third kappa shape index (κ3) is 6.86. The highest BCUT2D eigenvalue weighted by molar-refractivity contribution is 7.89. The fraction of sp³-hybridized carbons (Fsp3) is 0.720. The number of carbonyl (C=O) groups excluding carboxylic acids is 1. The molecule has 0 aromatic heterocycles. The van der Waals surface area contributed by atoms with Gasteiger partial charge in [-0.05, 0) is 82.9 Å². The van der Waals surface area contributed by atoms with E-state index in [1.54, 1.807) is 24.3 Å². The Hall–Kier alpha value is -1.28. The van der Waals surface area contributed by atoms with Gasteiger partial charge in [-0.2, -0.15) is 4.31 Å². The predicted molar refractivity (Wildman–Crippen MR) is 130 cm³/mol. The van der Waals surface area contributed by atoms with Crippen molar-refractivity contribution in [3.05, 3.63) is 29.8 Å². The number of nitrogens with zero attached hydrogens (tertiary/aromatic N) is 3. The van der Waals surface area contributed by atoms with Gasteiger partial charge in [0.25, 0.3) is 0 Å². The van der Waals surface area contributed by atoms with E-state index < -0.39 is 10.0 Å². The summed E-state index contributed by atoms with van der Waals surface area (Å²) >= 11 is 0. The summed E-state index contributed by atoms with van der Waals surface area (Å²) < 4.78 is 26.7. The van der Waals surface area contributed by atoms with Gasteiger partial charge in [0.05, 0.1) is 11.4 Å². The van der Waals surface area contributed by atoms with Crippen molar-refractivity contribution in [3.8, 4) is 0 Å². The van der Waals surface area contributed by atoms with Crippen LogP contribution in [0.3, 0.4) is 0 Å². The zero-order valence-electron chi connectivity index (χ0n) is 20.0. The number of ketones is 1. The Labute approximate surface area is 195 Å². The maximum Gasteiger partial charge on any atom is 0.243 e. The maximum absolute atomic E-state index is 12.8. The van der Waals surface area contributed by atoms with Crippen LogP contribution in [0.2, 0.25) is 0 Å². The molecule has 32 heavy (non-hydrogen) atoms. The van der Waals surface area contributed by atoms with E-state index in [2.05, 4.69) is 9.80 Å². The lowest BCUT2D eigenvalue weighted by molar-refractivity contribution is 0.0888. The highest BCUT2D eigenvalue weighted by Crippen LogP contribution is 2.22. The largest absolute Gasteiger partial charge is 0.303 e. The van der Waals surface area contributed by atoms with Crippen molar-refractivity contribution < 1.29 is 13.2 Å². The Balaban J connectivity index is 1.44. The number of hydrogen-bond acceptors (Lipinski definition) is 5. The number of likely N-dealkylation sites (tertiary alicyclic amines) is 2. The molecule has 2 aliphatic heterocycles. The number of carbonyl (C=O) groups is 1. The summed E-state index contributed by atoms with van der Waals surface area (Å²) in [6.07, 6.45) is 9.09. The lowest BCUT2D eigenvalue weighted by Crippen LogP contribution is -2.38. The average molecular weight is 464 g/mol. The van der Waals surface area contributed by atoms with E-state index in [1.807, 2.05) is 13.8 Å². The Morgan fingerprint density at radius 1 is 0.906 bits per heavy atom. The molecule has 6 nitrogen and oxygen atoms in total. The summed E-state index contributed by atoms with van der Waals surface area (Å²) in [6, 6.07) is 6.45. The predicted octanol–water partition coefficient (Wildman–Crippen LogP) is 3.88. The normalized spacial score (nSPS) is 19.8. The van der Waals surface area contributed by atoms with E-state index in [9.17, 15) is 13.2 Å². The van der Waals surface area contributed by atoms with Crippen LogP contribution in [-0.2, 0) is 10.0 Å². The van der Waals surface area contributed by atoms with E-state index in [0.717, 1.165) is 19.0 Å². The second-order valence-electron chi connectivity index (χ2n) is 9.30. The monoisotopic (exact) mass is 463 g/mol. The van der Waals surface area contributed by atoms with Gasteiger partial charge in [-0.3, -0.25) is 9.69 Å². The summed E-state index contributed by atoms with van der Waals surface area (Å²) in [5.41, 5.74) is 0.590. The molecule has 2 heterocycles. The van der Waals surface area contributed by atoms with Crippen molar-refractivity contribution in [3.63, 3.8) is 0 Å². The van der Waals surface area contributed by atoms with Gasteiger partial charge in [0.1, 0.15) is 0 Å². The summed E-state index contributed by atoms with van der Waals surface area (Å²) in [5.74, 6) is 0.842. The molecule has 2 fully saturated rings. The first-order valence-corrected chi connectivity index (χ1v) is 14.0. The third-order valence-electron chi connectivity index (χ3n) is 7.15. The van der Waals surface area contributed by atoms with E-state index in [0.29, 0.717) is 25.2 Å². The van der Waals surface area contributed by atoms with Crippen LogP contribution in [0.25, 0.3) is 0 Å². The first-order valence-electron chi connectivity index (χ1n) is 12.5. The number of benzene rings is 1. The Kier molecular flexibility index (Phi) is 9.71. The van der Waals surface area contributed by atoms with Crippen LogP contribution in [0.5, 0.6) is 0 Å². The van der Waals surface area contributed by atoms with Crippen LogP contribution in [0, 0.1) is 5.92 Å². The molecule has 2 aliphatic rings. The second kappa shape index (κ2) is 12.3. The Morgan fingerprint density at radius 2 is 1.50 bits per heavy atom. The molecule has 1 aromatic carbocycles. The van der Waals surface area contributed by atoms with Crippen molar-refractivity contribution in [2.24, 2.45) is 5.92 Å². The zero-order valence-corrected chi connectivity index (χ0v) is 20.8. The molecule has 0 atom stereocenters. The van der Waals surface area contributed by atoms with Crippen molar-refractivity contribution in [2.75, 3.05) is 52.4 Å². The number of sulfonamides is 1. The average Bonchev–Trinajstić information content (AvgIpc) is 3.08. The SMILES string of the molecule is CCN(CC)S(=O)(=O)c1ccc(C(=O)CN2CCC(CCN3CCCCCC3)CC2)cc1. The van der Waals surface area contributed by atoms with Crippen LogP contribution in [-0.4, -0.2) is 80.7 Å². The quantitative estimate of drug-likeness (QED) is 0.493. The molecule has 0 saturated carbocycles. The molecular weight excluding hydrogens is 422 g/mol. The van der Waals surface area contributed by atoms with Gasteiger partial charge in [-0.1, -0.05) is 38.8 Å². The molecule has 180 valence electrons. The molecule has 2 saturated heterocycles. The van der Waals surface area contributed by atoms with Crippen molar-refractivity contribution >= 4 is 15.8 Å². The lowest BCUT2D eigenvalue weighted by Gasteiger charge is -2.32. The Bertz CT molecular complexity index is 805. The number of piperidine rings is 1.